The van der Waals surface area contributed by atoms with E-state index in [-0.39, 0.29) is 0 Å². The number of aryl methyl sites for hydroxylation is 1. The summed E-state index contributed by atoms with van der Waals surface area (Å²) in [6.07, 6.45) is 11.9. The minimum atomic E-state index is 0.631. The van der Waals surface area contributed by atoms with Crippen LogP contribution in [0, 0.1) is 19.3 Å². The number of benzene rings is 1. The van der Waals surface area contributed by atoms with E-state index < -0.39 is 0 Å². The van der Waals surface area contributed by atoms with Gasteiger partial charge in [0.05, 0.1) is 0 Å². The van der Waals surface area contributed by atoms with Gasteiger partial charge in [0.25, 0.3) is 0 Å². The molecule has 0 heteroatoms. The molecular weight excluding hydrogens is 216 g/mol. The van der Waals surface area contributed by atoms with Crippen LogP contribution in [0.15, 0.2) is 55.2 Å². The molecule has 1 aromatic carbocycles. The Kier molecular flexibility index (Phi) is 3.35. The summed E-state index contributed by atoms with van der Waals surface area (Å²) in [5, 5.41) is 0. The predicted octanol–water partition coefficient (Wildman–Crippen LogP) is 4.54. The first kappa shape index (κ1) is 12.2. The third-order valence-electron chi connectivity index (χ3n) is 3.25. The van der Waals surface area contributed by atoms with Crippen molar-refractivity contribution < 1.29 is 0 Å². The van der Waals surface area contributed by atoms with Crippen LogP contribution < -0.4 is 0 Å². The van der Waals surface area contributed by atoms with E-state index in [1.54, 1.807) is 0 Å². The summed E-state index contributed by atoms with van der Waals surface area (Å²) in [4.78, 5) is 0. The first-order valence-corrected chi connectivity index (χ1v) is 5.97. The highest BCUT2D eigenvalue weighted by atomic mass is 14.3. The number of allylic oxidation sites excluding steroid dienone is 6. The van der Waals surface area contributed by atoms with E-state index in [0.717, 1.165) is 5.57 Å². The molecule has 0 aromatic heterocycles. The number of hydrogen-bond donors (Lipinski definition) is 0. The predicted molar refractivity (Wildman–Crippen MR) is 79.9 cm³/mol. The van der Waals surface area contributed by atoms with Gasteiger partial charge in [-0.1, -0.05) is 49.6 Å². The lowest BCUT2D eigenvalue weighted by Crippen LogP contribution is -1.88. The van der Waals surface area contributed by atoms with Gasteiger partial charge in [-0.2, -0.15) is 0 Å². The minimum Gasteiger partial charge on any atom is -0.120 e. The fraction of sp³-hybridized carbons (Fsp3) is 0.111. The van der Waals surface area contributed by atoms with Crippen LogP contribution in [0.5, 0.6) is 0 Å². The fourth-order valence-electron chi connectivity index (χ4n) is 2.54. The molecule has 0 saturated heterocycles. The second kappa shape index (κ2) is 4.94. The van der Waals surface area contributed by atoms with Gasteiger partial charge in [-0.15, -0.1) is 12.3 Å². The number of fused-ring (bicyclic) bond motifs is 1. The van der Waals surface area contributed by atoms with Crippen molar-refractivity contribution in [3.05, 3.63) is 71.8 Å². The first-order valence-electron chi connectivity index (χ1n) is 5.97. The van der Waals surface area contributed by atoms with E-state index in [1.165, 1.54) is 27.8 Å². The molecule has 2 rings (SSSR count). The molecule has 0 heterocycles. The number of terminal acetylenes is 1. The lowest BCUT2D eigenvalue weighted by molar-refractivity contribution is 1.39. The molecule has 0 atom stereocenters. The number of hydrogen-bond acceptors (Lipinski definition) is 0. The summed E-state index contributed by atoms with van der Waals surface area (Å²) in [6, 6.07) is 6.32. The molecule has 0 fully saturated rings. The highest BCUT2D eigenvalue weighted by molar-refractivity contribution is 6.03. The Morgan fingerprint density at radius 3 is 2.72 bits per heavy atom. The molecule has 0 unspecified atom stereocenters. The standard InChI is InChI=1S/C18H16/c1-5-9-15-14(7-3)16(10-6-2)18-13(4)11-8-12-17(15)18/h1,6-8,10-12H,2-3,9H2,4H3/b16-10-. The normalized spacial score (nSPS) is 15.4. The first-order chi connectivity index (χ1) is 8.74. The summed E-state index contributed by atoms with van der Waals surface area (Å²) in [5.41, 5.74) is 7.26. The van der Waals surface area contributed by atoms with Gasteiger partial charge in [0.15, 0.2) is 0 Å². The van der Waals surface area contributed by atoms with E-state index in [0.29, 0.717) is 6.42 Å². The van der Waals surface area contributed by atoms with Crippen LogP contribution in [0.25, 0.3) is 11.1 Å². The Morgan fingerprint density at radius 2 is 2.11 bits per heavy atom. The zero-order valence-corrected chi connectivity index (χ0v) is 10.7. The number of rotatable bonds is 3. The van der Waals surface area contributed by atoms with Gasteiger partial charge < -0.3 is 0 Å². The van der Waals surface area contributed by atoms with Crippen molar-refractivity contribution >= 4 is 11.1 Å². The quantitative estimate of drug-likeness (QED) is 0.671. The van der Waals surface area contributed by atoms with E-state index >= 15 is 0 Å². The van der Waals surface area contributed by atoms with E-state index in [4.69, 9.17) is 6.42 Å². The van der Waals surface area contributed by atoms with Gasteiger partial charge in [-0.3, -0.25) is 0 Å². The van der Waals surface area contributed by atoms with Crippen LogP contribution >= 0.6 is 0 Å². The molecule has 0 radical (unpaired) electrons. The van der Waals surface area contributed by atoms with Crippen molar-refractivity contribution in [2.75, 3.05) is 0 Å². The monoisotopic (exact) mass is 232 g/mol. The molecule has 0 saturated carbocycles. The van der Waals surface area contributed by atoms with Crippen molar-refractivity contribution in [1.29, 1.82) is 0 Å². The topological polar surface area (TPSA) is 0 Å². The van der Waals surface area contributed by atoms with Gasteiger partial charge in [0.2, 0.25) is 0 Å². The van der Waals surface area contributed by atoms with E-state index in [9.17, 15) is 0 Å². The molecule has 88 valence electrons. The van der Waals surface area contributed by atoms with Crippen molar-refractivity contribution in [2.45, 2.75) is 13.3 Å². The second-order valence-electron chi connectivity index (χ2n) is 4.29. The van der Waals surface area contributed by atoms with Gasteiger partial charge in [-0.05, 0) is 40.3 Å². The van der Waals surface area contributed by atoms with Gasteiger partial charge in [-0.25, -0.2) is 0 Å². The summed E-state index contributed by atoms with van der Waals surface area (Å²) in [6.45, 7) is 9.83. The zero-order valence-electron chi connectivity index (χ0n) is 10.7. The van der Waals surface area contributed by atoms with Gasteiger partial charge in [0.1, 0.15) is 0 Å². The van der Waals surface area contributed by atoms with Crippen LogP contribution in [0.1, 0.15) is 23.1 Å². The molecule has 0 bridgehead atoms. The lowest BCUT2D eigenvalue weighted by Gasteiger charge is -2.06. The maximum absolute atomic E-state index is 5.48. The SMILES string of the molecule is C#CCC1=C(C=C)/C(=C/C=C)c2c(C)cccc21. The second-order valence-corrected chi connectivity index (χ2v) is 4.29. The van der Waals surface area contributed by atoms with Crippen LogP contribution in [-0.2, 0) is 0 Å². The molecule has 0 N–H and O–H groups in total. The fourth-order valence-corrected chi connectivity index (χ4v) is 2.54. The van der Waals surface area contributed by atoms with Crippen molar-refractivity contribution in [1.82, 2.24) is 0 Å². The Morgan fingerprint density at radius 1 is 1.33 bits per heavy atom. The maximum atomic E-state index is 5.48. The smallest absolute Gasteiger partial charge is 0.0350 e. The van der Waals surface area contributed by atoms with Crippen molar-refractivity contribution in [3.63, 3.8) is 0 Å². The molecular formula is C18H16. The van der Waals surface area contributed by atoms with E-state index in [1.807, 2.05) is 18.2 Å². The molecule has 0 aliphatic heterocycles. The molecule has 1 aliphatic carbocycles. The van der Waals surface area contributed by atoms with Crippen LogP contribution in [0.3, 0.4) is 0 Å². The Hall–Kier alpha value is -2.26. The Labute approximate surface area is 109 Å². The summed E-state index contributed by atoms with van der Waals surface area (Å²) in [5.74, 6) is 2.74. The third kappa shape index (κ3) is 1.75. The average molecular weight is 232 g/mol. The van der Waals surface area contributed by atoms with Crippen LogP contribution in [0.4, 0.5) is 0 Å². The summed E-state index contributed by atoms with van der Waals surface area (Å²) < 4.78 is 0. The van der Waals surface area contributed by atoms with Crippen LogP contribution in [-0.4, -0.2) is 0 Å². The summed E-state index contributed by atoms with van der Waals surface area (Å²) in [7, 11) is 0. The molecule has 1 aliphatic rings. The molecule has 18 heavy (non-hydrogen) atoms. The zero-order chi connectivity index (χ0) is 13.1. The molecule has 0 spiro atoms. The third-order valence-corrected chi connectivity index (χ3v) is 3.25. The van der Waals surface area contributed by atoms with E-state index in [2.05, 4.69) is 44.2 Å². The molecule has 0 nitrogen and oxygen atoms in total. The lowest BCUT2D eigenvalue weighted by atomic mass is 9.97. The molecule has 0 amide bonds. The highest BCUT2D eigenvalue weighted by Gasteiger charge is 2.24. The van der Waals surface area contributed by atoms with Gasteiger partial charge >= 0.3 is 0 Å². The van der Waals surface area contributed by atoms with Crippen molar-refractivity contribution in [2.24, 2.45) is 0 Å². The Balaban J connectivity index is 2.78. The maximum Gasteiger partial charge on any atom is 0.0350 e. The minimum absolute atomic E-state index is 0.631. The Bertz CT molecular complexity index is 616. The molecule has 1 aromatic rings. The van der Waals surface area contributed by atoms with Gasteiger partial charge in [0, 0.05) is 6.42 Å². The summed E-state index contributed by atoms with van der Waals surface area (Å²) >= 11 is 0. The largest absolute Gasteiger partial charge is 0.120 e. The van der Waals surface area contributed by atoms with Crippen molar-refractivity contribution in [3.8, 4) is 12.3 Å². The van der Waals surface area contributed by atoms with Crippen LogP contribution in [0.2, 0.25) is 0 Å². The average Bonchev–Trinajstić information content (AvgIpc) is 2.66. The highest BCUT2D eigenvalue weighted by Crippen LogP contribution is 2.44.